The zero-order valence-electron chi connectivity index (χ0n) is 16.5. The van der Waals surface area contributed by atoms with Crippen molar-refractivity contribution in [2.45, 2.75) is 45.1 Å². The van der Waals surface area contributed by atoms with Crippen molar-refractivity contribution in [3.63, 3.8) is 0 Å². The predicted molar refractivity (Wildman–Crippen MR) is 109 cm³/mol. The summed E-state index contributed by atoms with van der Waals surface area (Å²) in [4.78, 5) is 19.6. The molecule has 28 heavy (non-hydrogen) atoms. The highest BCUT2D eigenvalue weighted by atomic mass is 32.2. The lowest BCUT2D eigenvalue weighted by atomic mass is 10.1. The molecule has 0 radical (unpaired) electrons. The van der Waals surface area contributed by atoms with Gasteiger partial charge in [0.05, 0.1) is 19.3 Å². The van der Waals surface area contributed by atoms with E-state index in [1.165, 1.54) is 18.4 Å². The van der Waals surface area contributed by atoms with Gasteiger partial charge in [0.1, 0.15) is 10.6 Å². The minimum Gasteiger partial charge on any atom is -0.495 e. The topological polar surface area (TPSA) is 88.6 Å². The molecule has 1 N–H and O–H groups in total. The zero-order chi connectivity index (χ0) is 20.5. The number of thiazole rings is 1. The average molecular weight is 424 g/mol. The number of amides is 1. The fourth-order valence-corrected chi connectivity index (χ4v) is 5.61. The predicted octanol–water partition coefficient (Wildman–Crippen LogP) is 3.19. The normalized spacial score (nSPS) is 14.1. The number of aromatic nitrogens is 1. The van der Waals surface area contributed by atoms with Gasteiger partial charge in [0.15, 0.2) is 5.13 Å². The summed E-state index contributed by atoms with van der Waals surface area (Å²) in [6.07, 6.45) is 1.14. The molecule has 1 aliphatic heterocycles. The molecule has 1 aromatic heterocycles. The van der Waals surface area contributed by atoms with Gasteiger partial charge in [-0.1, -0.05) is 31.3 Å². The lowest BCUT2D eigenvalue weighted by Gasteiger charge is -2.26. The first kappa shape index (κ1) is 20.6. The monoisotopic (exact) mass is 423 g/mol. The fourth-order valence-electron chi connectivity index (χ4n) is 3.09. The number of methoxy groups -OCH3 is 1. The highest BCUT2D eigenvalue weighted by Gasteiger charge is 2.27. The van der Waals surface area contributed by atoms with Gasteiger partial charge < -0.3 is 9.64 Å². The van der Waals surface area contributed by atoms with E-state index in [0.717, 1.165) is 16.1 Å². The number of carbonyl (C=O) groups excluding carboxylic acids is 1. The standard InChI is InChI=1S/C19H25N3O4S2/c1-12(2)9-18(23)22-8-7-14-16(11-22)27-19(20-14)21-28(24,25)17-10-13(3)5-6-15(17)26-4/h5-6,10,12H,7-9,11H2,1-4H3,(H,20,21). The van der Waals surface area contributed by atoms with Gasteiger partial charge in [0.2, 0.25) is 5.91 Å². The minimum atomic E-state index is -3.83. The van der Waals surface area contributed by atoms with Crippen LogP contribution >= 0.6 is 11.3 Å². The number of carbonyl (C=O) groups is 1. The first-order valence-corrected chi connectivity index (χ1v) is 11.4. The largest absolute Gasteiger partial charge is 0.495 e. The fraction of sp³-hybridized carbons (Fsp3) is 0.474. The van der Waals surface area contributed by atoms with Gasteiger partial charge in [-0.3, -0.25) is 9.52 Å². The number of nitrogens with zero attached hydrogens (tertiary/aromatic N) is 2. The molecule has 0 bridgehead atoms. The van der Waals surface area contributed by atoms with Crippen LogP contribution < -0.4 is 9.46 Å². The van der Waals surface area contributed by atoms with Crippen LogP contribution in [0, 0.1) is 12.8 Å². The van der Waals surface area contributed by atoms with Crippen LogP contribution in [0.25, 0.3) is 0 Å². The molecule has 0 saturated carbocycles. The van der Waals surface area contributed by atoms with Gasteiger partial charge >= 0.3 is 0 Å². The van der Waals surface area contributed by atoms with Gasteiger partial charge in [-0.05, 0) is 30.5 Å². The molecule has 9 heteroatoms. The smallest absolute Gasteiger partial charge is 0.267 e. The van der Waals surface area contributed by atoms with Crippen LogP contribution in [0.15, 0.2) is 23.1 Å². The number of benzene rings is 1. The van der Waals surface area contributed by atoms with Crippen LogP contribution in [0.5, 0.6) is 5.75 Å². The number of nitrogens with one attached hydrogen (secondary N) is 1. The van der Waals surface area contributed by atoms with Gasteiger partial charge in [-0.2, -0.15) is 0 Å². The van der Waals surface area contributed by atoms with Crippen molar-refractivity contribution < 1.29 is 17.9 Å². The van der Waals surface area contributed by atoms with Crippen LogP contribution in [0.2, 0.25) is 0 Å². The third-order valence-electron chi connectivity index (χ3n) is 4.50. The summed E-state index contributed by atoms with van der Waals surface area (Å²) in [7, 11) is -2.39. The van der Waals surface area contributed by atoms with E-state index in [0.29, 0.717) is 37.0 Å². The molecule has 152 valence electrons. The number of anilines is 1. The zero-order valence-corrected chi connectivity index (χ0v) is 18.1. The summed E-state index contributed by atoms with van der Waals surface area (Å²) in [5, 5.41) is 0.312. The lowest BCUT2D eigenvalue weighted by Crippen LogP contribution is -2.36. The maximum Gasteiger partial charge on any atom is 0.267 e. The molecule has 2 aromatic rings. The lowest BCUT2D eigenvalue weighted by molar-refractivity contribution is -0.132. The van der Waals surface area contributed by atoms with Gasteiger partial charge in [-0.25, -0.2) is 13.4 Å². The second-order valence-corrected chi connectivity index (χ2v) is 10.0. The first-order valence-electron chi connectivity index (χ1n) is 9.13. The van der Waals surface area contributed by atoms with Crippen molar-refractivity contribution in [3.8, 4) is 5.75 Å². The molecule has 0 atom stereocenters. The Labute approximate surface area is 169 Å². The Balaban J connectivity index is 1.80. The Hall–Kier alpha value is -2.13. The second-order valence-electron chi connectivity index (χ2n) is 7.31. The molecule has 1 amide bonds. The van der Waals surface area contributed by atoms with Crippen molar-refractivity contribution in [2.75, 3.05) is 18.4 Å². The highest BCUT2D eigenvalue weighted by Crippen LogP contribution is 2.32. The van der Waals surface area contributed by atoms with E-state index in [4.69, 9.17) is 4.74 Å². The molecule has 0 aliphatic carbocycles. The molecule has 1 aromatic carbocycles. The van der Waals surface area contributed by atoms with Gasteiger partial charge in [-0.15, -0.1) is 0 Å². The summed E-state index contributed by atoms with van der Waals surface area (Å²) in [5.41, 5.74) is 1.67. The first-order chi connectivity index (χ1) is 13.2. The molecule has 0 spiro atoms. The third-order valence-corrected chi connectivity index (χ3v) is 6.98. The Morgan fingerprint density at radius 2 is 2.14 bits per heavy atom. The van der Waals surface area contributed by atoms with Crippen LogP contribution in [-0.4, -0.2) is 37.9 Å². The van der Waals surface area contributed by atoms with Gasteiger partial charge in [0.25, 0.3) is 10.0 Å². The van der Waals surface area contributed by atoms with E-state index in [-0.39, 0.29) is 16.6 Å². The van der Waals surface area contributed by atoms with Crippen molar-refractivity contribution >= 4 is 32.4 Å². The highest BCUT2D eigenvalue weighted by molar-refractivity contribution is 7.93. The number of aryl methyl sites for hydroxylation is 1. The summed E-state index contributed by atoms with van der Waals surface area (Å²) >= 11 is 1.28. The average Bonchev–Trinajstić information content (AvgIpc) is 3.01. The molecule has 0 saturated heterocycles. The number of hydrogen-bond acceptors (Lipinski definition) is 6. The number of sulfonamides is 1. The van der Waals surface area contributed by atoms with Crippen LogP contribution in [0.4, 0.5) is 5.13 Å². The molecule has 0 fully saturated rings. The molecule has 2 heterocycles. The maximum absolute atomic E-state index is 12.9. The van der Waals surface area contributed by atoms with E-state index in [2.05, 4.69) is 9.71 Å². The third kappa shape index (κ3) is 4.47. The molecular formula is C19H25N3O4S2. The summed E-state index contributed by atoms with van der Waals surface area (Å²) < 4.78 is 33.5. The van der Waals surface area contributed by atoms with Crippen LogP contribution in [0.1, 0.15) is 36.4 Å². The summed E-state index contributed by atoms with van der Waals surface area (Å²) in [5.74, 6) is 0.715. The Kier molecular flexibility index (Phi) is 5.95. The molecule has 7 nitrogen and oxygen atoms in total. The van der Waals surface area contributed by atoms with E-state index in [1.807, 2.05) is 25.7 Å². The molecule has 1 aliphatic rings. The summed E-state index contributed by atoms with van der Waals surface area (Å²) in [6.45, 7) is 6.95. The quantitative estimate of drug-likeness (QED) is 0.771. The van der Waals surface area contributed by atoms with E-state index in [9.17, 15) is 13.2 Å². The van der Waals surface area contributed by atoms with E-state index < -0.39 is 10.0 Å². The maximum atomic E-state index is 12.9. The van der Waals surface area contributed by atoms with Crippen molar-refractivity contribution in [1.82, 2.24) is 9.88 Å². The van der Waals surface area contributed by atoms with E-state index in [1.54, 1.807) is 18.2 Å². The second kappa shape index (κ2) is 8.08. The Morgan fingerprint density at radius 1 is 1.39 bits per heavy atom. The van der Waals surface area contributed by atoms with Crippen molar-refractivity contribution in [2.24, 2.45) is 5.92 Å². The number of hydrogen-bond donors (Lipinski definition) is 1. The Bertz CT molecular complexity index is 983. The van der Waals surface area contributed by atoms with Gasteiger partial charge in [0, 0.05) is 24.3 Å². The minimum absolute atomic E-state index is 0.0805. The number of rotatable bonds is 6. The SMILES string of the molecule is COc1ccc(C)cc1S(=O)(=O)Nc1nc2c(s1)CN(C(=O)CC(C)C)CC2. The molecule has 0 unspecified atom stereocenters. The number of fused-ring (bicyclic) bond motifs is 1. The summed E-state index contributed by atoms with van der Waals surface area (Å²) in [6, 6.07) is 5.00. The van der Waals surface area contributed by atoms with Crippen molar-refractivity contribution in [1.29, 1.82) is 0 Å². The molecule has 3 rings (SSSR count). The Morgan fingerprint density at radius 3 is 2.82 bits per heavy atom. The molecular weight excluding hydrogens is 398 g/mol. The van der Waals surface area contributed by atoms with Crippen LogP contribution in [-0.2, 0) is 27.8 Å². The van der Waals surface area contributed by atoms with Crippen LogP contribution in [0.3, 0.4) is 0 Å². The number of ether oxygens (including phenoxy) is 1. The van der Waals surface area contributed by atoms with E-state index >= 15 is 0 Å². The van der Waals surface area contributed by atoms with Crippen molar-refractivity contribution in [3.05, 3.63) is 34.3 Å².